The molecule has 0 fully saturated rings. The van der Waals surface area contributed by atoms with Gasteiger partial charge in [0.15, 0.2) is 5.43 Å². The molecule has 0 bridgehead atoms. The molecule has 0 saturated heterocycles. The summed E-state index contributed by atoms with van der Waals surface area (Å²) in [6, 6.07) is 5.40. The lowest BCUT2D eigenvalue weighted by Crippen LogP contribution is -1.97. The first-order valence-electron chi connectivity index (χ1n) is 4.21. The fraction of sp³-hybridized carbons (Fsp3) is 0. The molecule has 14 heavy (non-hydrogen) atoms. The van der Waals surface area contributed by atoms with Crippen molar-refractivity contribution in [2.24, 2.45) is 0 Å². The number of thiophene rings is 1. The zero-order chi connectivity index (χ0) is 9.54. The number of pyridine rings is 2. The Morgan fingerprint density at radius 3 is 3.21 bits per heavy atom. The second-order valence-corrected chi connectivity index (χ2v) is 4.03. The zero-order valence-electron chi connectivity index (χ0n) is 7.15. The molecule has 3 heterocycles. The highest BCUT2D eigenvalue weighted by Crippen LogP contribution is 2.27. The monoisotopic (exact) mass is 202 g/mol. The second kappa shape index (κ2) is 2.65. The lowest BCUT2D eigenvalue weighted by molar-refractivity contribution is 1.40. The molecule has 3 aromatic rings. The van der Waals surface area contributed by atoms with E-state index in [2.05, 4.69) is 9.97 Å². The minimum Gasteiger partial charge on any atom is -0.360 e. The van der Waals surface area contributed by atoms with Crippen molar-refractivity contribution >= 4 is 31.8 Å². The van der Waals surface area contributed by atoms with Crippen LogP contribution in [0.1, 0.15) is 0 Å². The predicted octanol–water partition coefficient (Wildman–Crippen LogP) is 2.14. The minimum atomic E-state index is 0.0312. The Kier molecular flexibility index (Phi) is 1.46. The van der Waals surface area contributed by atoms with Gasteiger partial charge in [0.2, 0.25) is 0 Å². The van der Waals surface area contributed by atoms with E-state index < -0.39 is 0 Å². The average Bonchev–Trinajstić information content (AvgIpc) is 2.57. The van der Waals surface area contributed by atoms with Gasteiger partial charge in [0.25, 0.3) is 0 Å². The third-order valence-electron chi connectivity index (χ3n) is 2.15. The van der Waals surface area contributed by atoms with E-state index in [4.69, 9.17) is 0 Å². The number of rotatable bonds is 0. The lowest BCUT2D eigenvalue weighted by Gasteiger charge is -1.88. The number of aromatic amines is 1. The van der Waals surface area contributed by atoms with Crippen molar-refractivity contribution in [2.75, 3.05) is 0 Å². The average molecular weight is 202 g/mol. The Morgan fingerprint density at radius 2 is 2.29 bits per heavy atom. The largest absolute Gasteiger partial charge is 0.360 e. The fourth-order valence-electron chi connectivity index (χ4n) is 1.54. The first-order chi connectivity index (χ1) is 6.86. The summed E-state index contributed by atoms with van der Waals surface area (Å²) in [5, 5.41) is 0.702. The summed E-state index contributed by atoms with van der Waals surface area (Å²) in [7, 11) is 0. The van der Waals surface area contributed by atoms with Crippen LogP contribution in [0.3, 0.4) is 0 Å². The van der Waals surface area contributed by atoms with Crippen molar-refractivity contribution in [3.05, 3.63) is 40.8 Å². The fourth-order valence-corrected chi connectivity index (χ4v) is 2.58. The maximum atomic E-state index is 11.6. The van der Waals surface area contributed by atoms with E-state index in [0.29, 0.717) is 5.39 Å². The summed E-state index contributed by atoms with van der Waals surface area (Å²) in [5.41, 5.74) is 0.925. The van der Waals surface area contributed by atoms with E-state index in [1.807, 2.05) is 18.3 Å². The van der Waals surface area contributed by atoms with Crippen LogP contribution in [-0.4, -0.2) is 9.97 Å². The lowest BCUT2D eigenvalue weighted by atomic mass is 10.3. The van der Waals surface area contributed by atoms with Gasteiger partial charge >= 0.3 is 0 Å². The highest BCUT2D eigenvalue weighted by molar-refractivity contribution is 7.25. The van der Waals surface area contributed by atoms with E-state index >= 15 is 0 Å². The molecular weight excluding hydrogens is 196 g/mol. The third kappa shape index (κ3) is 0.914. The molecule has 0 aliphatic heterocycles. The molecular formula is C10H6N2OS. The molecule has 0 amide bonds. The summed E-state index contributed by atoms with van der Waals surface area (Å²) < 4.78 is 1.07. The van der Waals surface area contributed by atoms with Crippen molar-refractivity contribution in [2.45, 2.75) is 0 Å². The van der Waals surface area contributed by atoms with Gasteiger partial charge in [0.1, 0.15) is 4.83 Å². The van der Waals surface area contributed by atoms with E-state index in [1.54, 1.807) is 6.20 Å². The number of hydrogen-bond acceptors (Lipinski definition) is 3. The molecule has 0 atom stereocenters. The molecule has 0 saturated carbocycles. The smallest absolute Gasteiger partial charge is 0.192 e. The highest BCUT2D eigenvalue weighted by Gasteiger charge is 2.07. The van der Waals surface area contributed by atoms with E-state index in [0.717, 1.165) is 15.0 Å². The molecule has 0 aliphatic carbocycles. The van der Waals surface area contributed by atoms with E-state index in [9.17, 15) is 4.79 Å². The Bertz CT molecular complexity index is 668. The van der Waals surface area contributed by atoms with Crippen LogP contribution in [0.4, 0.5) is 0 Å². The number of hydrogen-bond donors (Lipinski definition) is 1. The summed E-state index contributed by atoms with van der Waals surface area (Å²) >= 11 is 1.53. The Labute approximate surface area is 83.0 Å². The molecule has 3 aromatic heterocycles. The van der Waals surface area contributed by atoms with Crippen molar-refractivity contribution in [1.82, 2.24) is 9.97 Å². The van der Waals surface area contributed by atoms with Gasteiger partial charge in [-0.15, -0.1) is 11.3 Å². The van der Waals surface area contributed by atoms with Crippen molar-refractivity contribution in [3.8, 4) is 0 Å². The zero-order valence-corrected chi connectivity index (χ0v) is 7.97. The van der Waals surface area contributed by atoms with Gasteiger partial charge in [-0.25, -0.2) is 4.98 Å². The van der Waals surface area contributed by atoms with Crippen LogP contribution < -0.4 is 5.43 Å². The van der Waals surface area contributed by atoms with Crippen LogP contribution in [0.5, 0.6) is 0 Å². The Balaban J connectivity index is 2.73. The molecule has 0 spiro atoms. The predicted molar refractivity (Wildman–Crippen MR) is 57.7 cm³/mol. The SMILES string of the molecule is O=c1ccnc2sc3ccc[nH]c3c12. The van der Waals surface area contributed by atoms with Gasteiger partial charge in [-0.05, 0) is 12.1 Å². The molecule has 3 nitrogen and oxygen atoms in total. The maximum Gasteiger partial charge on any atom is 0.192 e. The number of aromatic nitrogens is 2. The molecule has 3 rings (SSSR count). The first kappa shape index (κ1) is 7.70. The highest BCUT2D eigenvalue weighted by atomic mass is 32.1. The molecule has 4 heteroatoms. The summed E-state index contributed by atoms with van der Waals surface area (Å²) in [6.45, 7) is 0. The van der Waals surface area contributed by atoms with E-state index in [-0.39, 0.29) is 5.43 Å². The Hall–Kier alpha value is -1.68. The van der Waals surface area contributed by atoms with Gasteiger partial charge in [0.05, 0.1) is 15.6 Å². The van der Waals surface area contributed by atoms with Crippen molar-refractivity contribution in [1.29, 1.82) is 0 Å². The first-order valence-corrected chi connectivity index (χ1v) is 5.03. The molecule has 0 unspecified atom stereocenters. The quantitative estimate of drug-likeness (QED) is 0.607. The summed E-state index contributed by atoms with van der Waals surface area (Å²) in [6.07, 6.45) is 3.38. The van der Waals surface area contributed by atoms with Gasteiger partial charge in [-0.3, -0.25) is 4.79 Å². The standard InChI is InChI=1S/C10H6N2OS/c13-6-3-5-12-10-8(6)9-7(14-10)2-1-4-11-9/h1-5,11H. The topological polar surface area (TPSA) is 45.8 Å². The van der Waals surface area contributed by atoms with Gasteiger partial charge in [0, 0.05) is 18.5 Å². The minimum absolute atomic E-state index is 0.0312. The second-order valence-electron chi connectivity index (χ2n) is 3.00. The molecule has 68 valence electrons. The number of nitrogens with zero attached hydrogens (tertiary/aromatic N) is 1. The number of nitrogens with one attached hydrogen (secondary N) is 1. The van der Waals surface area contributed by atoms with Crippen LogP contribution in [-0.2, 0) is 0 Å². The number of fused-ring (bicyclic) bond motifs is 3. The molecule has 0 aromatic carbocycles. The van der Waals surface area contributed by atoms with Crippen LogP contribution in [0, 0.1) is 0 Å². The number of H-pyrrole nitrogens is 1. The van der Waals surface area contributed by atoms with Crippen molar-refractivity contribution in [3.63, 3.8) is 0 Å². The summed E-state index contributed by atoms with van der Waals surface area (Å²) in [4.78, 5) is 19.7. The van der Waals surface area contributed by atoms with Gasteiger partial charge < -0.3 is 4.98 Å². The normalized spacial score (nSPS) is 11.1. The van der Waals surface area contributed by atoms with Crippen LogP contribution in [0.25, 0.3) is 20.4 Å². The Morgan fingerprint density at radius 1 is 1.36 bits per heavy atom. The van der Waals surface area contributed by atoms with Gasteiger partial charge in [-0.2, -0.15) is 0 Å². The summed E-state index contributed by atoms with van der Waals surface area (Å²) in [5.74, 6) is 0. The molecule has 1 N–H and O–H groups in total. The van der Waals surface area contributed by atoms with Crippen LogP contribution in [0.15, 0.2) is 35.4 Å². The third-order valence-corrected chi connectivity index (χ3v) is 3.22. The van der Waals surface area contributed by atoms with Crippen molar-refractivity contribution < 1.29 is 0 Å². The molecule has 0 aliphatic rings. The maximum absolute atomic E-state index is 11.6. The van der Waals surface area contributed by atoms with Crippen LogP contribution >= 0.6 is 11.3 Å². The van der Waals surface area contributed by atoms with Gasteiger partial charge in [-0.1, -0.05) is 0 Å². The molecule has 0 radical (unpaired) electrons. The van der Waals surface area contributed by atoms with Crippen LogP contribution in [0.2, 0.25) is 0 Å². The van der Waals surface area contributed by atoms with E-state index in [1.165, 1.54) is 17.4 Å².